The van der Waals surface area contributed by atoms with Crippen molar-refractivity contribution in [3.8, 4) is 11.5 Å². The number of ether oxygens (including phenoxy) is 1. The van der Waals surface area contributed by atoms with Crippen molar-refractivity contribution in [2.24, 2.45) is 23.5 Å². The summed E-state index contributed by atoms with van der Waals surface area (Å²) < 4.78 is 78.1. The maximum atomic E-state index is 15.1. The van der Waals surface area contributed by atoms with Crippen molar-refractivity contribution in [1.29, 1.82) is 0 Å². The molecule has 2 aromatic rings. The number of benzene rings is 2. The van der Waals surface area contributed by atoms with Gasteiger partial charge >= 0.3 is 6.03 Å². The van der Waals surface area contributed by atoms with Gasteiger partial charge in [-0.1, -0.05) is 17.7 Å². The van der Waals surface area contributed by atoms with Crippen LogP contribution in [0.15, 0.2) is 29.8 Å². The van der Waals surface area contributed by atoms with E-state index in [0.29, 0.717) is 0 Å². The molecule has 242 valence electrons. The summed E-state index contributed by atoms with van der Waals surface area (Å²) >= 11 is 14.0. The minimum atomic E-state index is -2.75. The largest absolute Gasteiger partial charge is 0.504 e. The molecule has 6 rings (SSSR count). The standard InChI is InChI=1S/C29H20Cl2F5N3O7/c1-2-46-14-7-9(3-6-13(14)40)16-10-4-5-11-15(24(42)39(23(11)41)27(37)45)12(10)8-28(30)25(43)38(26(44)29(16,28)31)22-20(35)18(33)17(32)19(34)21(22)36/h3-4,6-7,11-12,15-16,40H,2,5,8H2,1H3,(H2,37,45)/t11-,12+,15-,16-,28+,29-/m0/s1. The van der Waals surface area contributed by atoms with Gasteiger partial charge in [-0.3, -0.25) is 19.2 Å². The number of phenolic OH excluding ortho intramolecular Hbond substituents is 1. The minimum Gasteiger partial charge on any atom is -0.504 e. The van der Waals surface area contributed by atoms with Gasteiger partial charge in [-0.25, -0.2) is 31.6 Å². The number of rotatable bonds is 4. The third-order valence-electron chi connectivity index (χ3n) is 9.06. The van der Waals surface area contributed by atoms with Crippen LogP contribution in [0.4, 0.5) is 32.4 Å². The van der Waals surface area contributed by atoms with Gasteiger partial charge in [-0.15, -0.1) is 23.2 Å². The summed E-state index contributed by atoms with van der Waals surface area (Å²) in [6.45, 7) is 1.64. The minimum absolute atomic E-state index is 0.0274. The smallest absolute Gasteiger partial charge is 0.328 e. The average Bonchev–Trinajstić information content (AvgIpc) is 3.35. The number of alkyl halides is 2. The molecule has 6 atom stereocenters. The maximum Gasteiger partial charge on any atom is 0.328 e. The van der Waals surface area contributed by atoms with Crippen LogP contribution in [0.25, 0.3) is 0 Å². The summed E-state index contributed by atoms with van der Waals surface area (Å²) in [6, 6.07) is 2.27. The highest BCUT2D eigenvalue weighted by atomic mass is 35.5. The number of aromatic hydroxyl groups is 1. The van der Waals surface area contributed by atoms with Crippen molar-refractivity contribution in [1.82, 2.24) is 4.90 Å². The number of urea groups is 1. The van der Waals surface area contributed by atoms with E-state index in [1.165, 1.54) is 18.2 Å². The summed E-state index contributed by atoms with van der Waals surface area (Å²) in [5.74, 6) is -23.6. The monoisotopic (exact) mass is 687 g/mol. The Kier molecular flexibility index (Phi) is 7.17. The second-order valence-electron chi connectivity index (χ2n) is 11.2. The molecule has 2 aromatic carbocycles. The molecular weight excluding hydrogens is 668 g/mol. The number of nitrogens with two attached hydrogens (primary N) is 1. The highest BCUT2D eigenvalue weighted by molar-refractivity contribution is 6.58. The van der Waals surface area contributed by atoms with Gasteiger partial charge in [-0.2, -0.15) is 4.90 Å². The first kappa shape index (κ1) is 31.7. The van der Waals surface area contributed by atoms with Gasteiger partial charge in [0.25, 0.3) is 11.8 Å². The summed E-state index contributed by atoms with van der Waals surface area (Å²) in [5.41, 5.74) is 3.54. The number of halogens is 7. The molecule has 0 aromatic heterocycles. The van der Waals surface area contributed by atoms with E-state index >= 15 is 8.78 Å². The van der Waals surface area contributed by atoms with Gasteiger partial charge in [-0.05, 0) is 43.4 Å². The van der Waals surface area contributed by atoms with Crippen LogP contribution in [0, 0.1) is 46.8 Å². The molecule has 2 saturated heterocycles. The molecule has 2 aliphatic heterocycles. The van der Waals surface area contributed by atoms with Crippen LogP contribution >= 0.6 is 23.2 Å². The number of amides is 6. The lowest BCUT2D eigenvalue weighted by molar-refractivity contribution is -0.136. The molecule has 0 radical (unpaired) electrons. The number of phenols is 1. The van der Waals surface area contributed by atoms with E-state index in [9.17, 15) is 42.3 Å². The van der Waals surface area contributed by atoms with E-state index in [2.05, 4.69) is 0 Å². The Morgan fingerprint density at radius 3 is 2.17 bits per heavy atom. The zero-order chi connectivity index (χ0) is 33.8. The van der Waals surface area contributed by atoms with Crippen LogP contribution in [-0.4, -0.2) is 56.0 Å². The SMILES string of the molecule is CCOc1cc([C@H]2C3=CC[C@@H]4C(=O)N(C(N)=O)C(=O)[C@@H]4[C@@H]3C[C@@]3(Cl)C(=O)N(c4c(F)c(F)c(F)c(F)c4F)C(=O)[C@@]23Cl)ccc1O. The zero-order valence-electron chi connectivity index (χ0n) is 23.3. The summed E-state index contributed by atoms with van der Waals surface area (Å²) in [6.07, 6.45) is 0.516. The normalized spacial score (nSPS) is 30.3. The molecule has 2 heterocycles. The molecule has 46 heavy (non-hydrogen) atoms. The van der Waals surface area contributed by atoms with Crippen molar-refractivity contribution in [2.75, 3.05) is 11.5 Å². The van der Waals surface area contributed by atoms with Gasteiger partial charge in [0.05, 0.1) is 18.4 Å². The number of allylic oxidation sites excluding steroid dienone is 2. The van der Waals surface area contributed by atoms with Gasteiger partial charge in [0, 0.05) is 5.92 Å². The van der Waals surface area contributed by atoms with Crippen LogP contribution < -0.4 is 15.4 Å². The third-order valence-corrected chi connectivity index (χ3v) is 10.5. The predicted molar refractivity (Wildman–Crippen MR) is 147 cm³/mol. The number of carbonyl (C=O) groups is 5. The van der Waals surface area contributed by atoms with Crippen molar-refractivity contribution >= 4 is 58.5 Å². The molecular formula is C29H20Cl2F5N3O7. The van der Waals surface area contributed by atoms with Gasteiger partial charge in [0.15, 0.2) is 44.5 Å². The van der Waals surface area contributed by atoms with Crippen LogP contribution in [0.1, 0.15) is 31.2 Å². The predicted octanol–water partition coefficient (Wildman–Crippen LogP) is 4.13. The van der Waals surface area contributed by atoms with Crippen molar-refractivity contribution < 1.29 is 55.8 Å². The second-order valence-corrected chi connectivity index (χ2v) is 12.4. The van der Waals surface area contributed by atoms with E-state index in [4.69, 9.17) is 33.7 Å². The molecule has 3 N–H and O–H groups in total. The lowest BCUT2D eigenvalue weighted by Gasteiger charge is -2.50. The summed E-state index contributed by atoms with van der Waals surface area (Å²) in [4.78, 5) is 61.2. The van der Waals surface area contributed by atoms with Gasteiger partial charge in [0.1, 0.15) is 5.69 Å². The number of hydrogen-bond acceptors (Lipinski definition) is 7. The molecule has 17 heteroatoms. The van der Waals surface area contributed by atoms with E-state index in [0.717, 1.165) is 6.07 Å². The molecule has 6 amide bonds. The fourth-order valence-electron chi connectivity index (χ4n) is 7.14. The molecule has 3 fully saturated rings. The Bertz CT molecular complexity index is 1810. The maximum absolute atomic E-state index is 15.1. The molecule has 2 aliphatic carbocycles. The van der Waals surface area contributed by atoms with Gasteiger partial charge in [0.2, 0.25) is 17.6 Å². The first-order chi connectivity index (χ1) is 21.5. The number of nitrogens with zero attached hydrogens (tertiary/aromatic N) is 2. The average molecular weight is 688 g/mol. The molecule has 0 bridgehead atoms. The first-order valence-corrected chi connectivity index (χ1v) is 14.4. The summed E-state index contributed by atoms with van der Waals surface area (Å²) in [7, 11) is 0. The molecule has 10 nitrogen and oxygen atoms in total. The molecule has 0 spiro atoms. The number of carbonyl (C=O) groups excluding carboxylic acids is 5. The Morgan fingerprint density at radius 1 is 0.978 bits per heavy atom. The van der Waals surface area contributed by atoms with Crippen molar-refractivity contribution in [3.05, 3.63) is 64.5 Å². The number of likely N-dealkylation sites (tertiary alicyclic amines) is 1. The van der Waals surface area contributed by atoms with Crippen LogP contribution in [-0.2, 0) is 19.2 Å². The highest BCUT2D eigenvalue weighted by Crippen LogP contribution is 2.66. The van der Waals surface area contributed by atoms with E-state index in [-0.39, 0.29) is 45.5 Å². The molecule has 4 aliphatic rings. The van der Waals surface area contributed by atoms with Crippen molar-refractivity contribution in [3.63, 3.8) is 0 Å². The second kappa shape index (κ2) is 10.4. The van der Waals surface area contributed by atoms with Crippen LogP contribution in [0.5, 0.6) is 11.5 Å². The van der Waals surface area contributed by atoms with E-state index in [1.807, 2.05) is 0 Å². The molecule has 0 unspecified atom stereocenters. The fraction of sp³-hybridized carbons (Fsp3) is 0.345. The lowest BCUT2D eigenvalue weighted by Crippen LogP contribution is -2.60. The van der Waals surface area contributed by atoms with Crippen molar-refractivity contribution in [2.45, 2.75) is 35.4 Å². The topological polar surface area (TPSA) is 147 Å². The number of imide groups is 4. The molecule has 1 saturated carbocycles. The Balaban J connectivity index is 1.61. The third kappa shape index (κ3) is 3.84. The van der Waals surface area contributed by atoms with E-state index < -0.39 is 104 Å². The highest BCUT2D eigenvalue weighted by Gasteiger charge is 2.77. The summed E-state index contributed by atoms with van der Waals surface area (Å²) in [5, 5.41) is 10.3. The number of fused-ring (bicyclic) bond motifs is 4. The lowest BCUT2D eigenvalue weighted by atomic mass is 9.56. The van der Waals surface area contributed by atoms with Crippen LogP contribution in [0.2, 0.25) is 0 Å². The number of anilines is 1. The first-order valence-electron chi connectivity index (χ1n) is 13.7. The quantitative estimate of drug-likeness (QED) is 0.123. The fourth-order valence-corrected chi connectivity index (χ4v) is 8.07. The number of primary amides is 1. The van der Waals surface area contributed by atoms with E-state index in [1.54, 1.807) is 6.92 Å². The Hall–Kier alpha value is -4.24. The zero-order valence-corrected chi connectivity index (χ0v) is 24.8. The van der Waals surface area contributed by atoms with Crippen LogP contribution in [0.3, 0.4) is 0 Å². The Morgan fingerprint density at radius 2 is 1.59 bits per heavy atom. The number of hydrogen-bond donors (Lipinski definition) is 2. The van der Waals surface area contributed by atoms with Gasteiger partial charge < -0.3 is 15.6 Å². The Labute approximate surface area is 265 Å².